The van der Waals surface area contributed by atoms with Gasteiger partial charge in [-0.2, -0.15) is 13.7 Å². The Kier molecular flexibility index (Phi) is 3.85. The van der Waals surface area contributed by atoms with Gasteiger partial charge in [-0.1, -0.05) is 13.3 Å². The number of nitrogens with zero attached hydrogens (tertiary/aromatic N) is 1. The van der Waals surface area contributed by atoms with Crippen molar-refractivity contribution in [3.63, 3.8) is 0 Å². The first-order chi connectivity index (χ1) is 5.02. The summed E-state index contributed by atoms with van der Waals surface area (Å²) in [6, 6.07) is 0. The summed E-state index contributed by atoms with van der Waals surface area (Å²) in [5.74, 6) is 0. The van der Waals surface area contributed by atoms with Gasteiger partial charge in [0.1, 0.15) is 0 Å². The Morgan fingerprint density at radius 1 is 1.73 bits per heavy atom. The molecule has 0 rings (SSSR count). The van der Waals surface area contributed by atoms with Crippen molar-refractivity contribution in [2.24, 2.45) is 0 Å². The van der Waals surface area contributed by atoms with Crippen molar-refractivity contribution < 1.29 is 17.7 Å². The van der Waals surface area contributed by atoms with Crippen LogP contribution in [0.1, 0.15) is 19.8 Å². The Hall–Kier alpha value is -0.800. The molecule has 0 amide bonds. The second kappa shape index (κ2) is 4.16. The minimum Gasteiger partial charge on any atom is -0.405 e. The van der Waals surface area contributed by atoms with E-state index in [4.69, 9.17) is 9.81 Å². The molecular weight excluding hydrogens is 170 g/mol. The van der Waals surface area contributed by atoms with Gasteiger partial charge in [0.25, 0.3) is 6.26 Å². The van der Waals surface area contributed by atoms with Gasteiger partial charge < -0.3 is 4.74 Å². The lowest BCUT2D eigenvalue weighted by Crippen LogP contribution is -2.21. The average molecular weight is 179 g/mol. The number of hydrogen-bond donors (Lipinski definition) is 1. The molecule has 0 aliphatic heterocycles. The Morgan fingerprint density at radius 3 is 2.55 bits per heavy atom. The molecule has 11 heavy (non-hydrogen) atoms. The van der Waals surface area contributed by atoms with Crippen LogP contribution in [0, 0.1) is 11.5 Å². The molecule has 1 unspecified atom stereocenters. The molecule has 1 atom stereocenters. The molecule has 64 valence electrons. The van der Waals surface area contributed by atoms with Crippen molar-refractivity contribution in [2.45, 2.75) is 25.2 Å². The van der Waals surface area contributed by atoms with Crippen LogP contribution >= 0.6 is 0 Å². The molecule has 0 aromatic rings. The first-order valence-corrected chi connectivity index (χ1v) is 4.53. The molecule has 0 aliphatic carbocycles. The number of hydrogen-bond acceptors (Lipinski definition) is 4. The third-order valence-electron chi connectivity index (χ3n) is 1.04. The van der Waals surface area contributed by atoms with Crippen LogP contribution in [0.2, 0.25) is 0 Å². The first-order valence-electron chi connectivity index (χ1n) is 3.03. The van der Waals surface area contributed by atoms with Gasteiger partial charge in [0.05, 0.1) is 0 Å². The second-order valence-corrected chi connectivity index (χ2v) is 3.50. The summed E-state index contributed by atoms with van der Waals surface area (Å²) in [4.78, 5) is 0. The van der Waals surface area contributed by atoms with Gasteiger partial charge in [-0.3, -0.25) is 4.55 Å². The lowest BCUT2D eigenvalue weighted by Gasteiger charge is -2.07. The van der Waals surface area contributed by atoms with Gasteiger partial charge in [0.15, 0.2) is 0 Å². The molecule has 5 nitrogen and oxygen atoms in total. The molecule has 0 aliphatic rings. The van der Waals surface area contributed by atoms with Crippen LogP contribution < -0.4 is 0 Å². The van der Waals surface area contributed by atoms with E-state index >= 15 is 0 Å². The minimum absolute atomic E-state index is 0.117. The van der Waals surface area contributed by atoms with Crippen molar-refractivity contribution >= 4 is 10.1 Å². The fourth-order valence-corrected chi connectivity index (χ4v) is 1.26. The number of nitriles is 1. The van der Waals surface area contributed by atoms with E-state index in [0.717, 1.165) is 0 Å². The summed E-state index contributed by atoms with van der Waals surface area (Å²) in [5, 5.41) is 7.98. The largest absolute Gasteiger partial charge is 0.405 e. The Bertz CT molecular complexity index is 240. The van der Waals surface area contributed by atoms with E-state index < -0.39 is 15.6 Å². The maximum Gasteiger partial charge on any atom is 0.304 e. The minimum atomic E-state index is -4.23. The fraction of sp³-hybridized carbons (Fsp3) is 0.800. The molecule has 0 spiro atoms. The van der Waals surface area contributed by atoms with Gasteiger partial charge in [-0.05, 0) is 0 Å². The van der Waals surface area contributed by atoms with E-state index in [1.165, 1.54) is 6.26 Å². The molecule has 0 bridgehead atoms. The summed E-state index contributed by atoms with van der Waals surface area (Å²) < 4.78 is 33.3. The number of rotatable bonds is 4. The van der Waals surface area contributed by atoms with E-state index in [0.29, 0.717) is 6.42 Å². The fourth-order valence-electron chi connectivity index (χ4n) is 0.563. The van der Waals surface area contributed by atoms with Gasteiger partial charge in [0.2, 0.25) is 5.44 Å². The lowest BCUT2D eigenvalue weighted by molar-refractivity contribution is 0.206. The summed E-state index contributed by atoms with van der Waals surface area (Å²) >= 11 is 0. The molecule has 6 heteroatoms. The van der Waals surface area contributed by atoms with Crippen LogP contribution in [-0.2, 0) is 14.9 Å². The highest BCUT2D eigenvalue weighted by Gasteiger charge is 2.23. The maximum atomic E-state index is 10.4. The van der Waals surface area contributed by atoms with E-state index in [-0.39, 0.29) is 6.42 Å². The molecule has 0 aromatic carbocycles. The van der Waals surface area contributed by atoms with Gasteiger partial charge in [0, 0.05) is 6.42 Å². The van der Waals surface area contributed by atoms with E-state index in [9.17, 15) is 8.42 Å². The highest BCUT2D eigenvalue weighted by Crippen LogP contribution is 2.07. The predicted octanol–water partition coefficient (Wildman–Crippen LogP) is 0.498. The molecule has 0 saturated heterocycles. The quantitative estimate of drug-likeness (QED) is 0.501. The maximum absolute atomic E-state index is 10.4. The van der Waals surface area contributed by atoms with Crippen LogP contribution in [0.3, 0.4) is 0 Å². The van der Waals surface area contributed by atoms with Crippen molar-refractivity contribution in [1.82, 2.24) is 0 Å². The topological polar surface area (TPSA) is 87.4 Å². The molecule has 0 heterocycles. The average Bonchev–Trinajstić information content (AvgIpc) is 1.85. The molecule has 0 saturated carbocycles. The van der Waals surface area contributed by atoms with Crippen LogP contribution in [0.25, 0.3) is 0 Å². The Morgan fingerprint density at radius 2 is 2.27 bits per heavy atom. The normalized spacial score (nSPS) is 13.5. The molecule has 0 radical (unpaired) electrons. The molecule has 1 N–H and O–H groups in total. The smallest absolute Gasteiger partial charge is 0.304 e. The van der Waals surface area contributed by atoms with E-state index in [1.54, 1.807) is 6.92 Å². The number of ether oxygens (including phenoxy) is 1. The zero-order valence-electron chi connectivity index (χ0n) is 6.02. The second-order valence-electron chi connectivity index (χ2n) is 1.94. The third-order valence-corrected chi connectivity index (χ3v) is 2.04. The van der Waals surface area contributed by atoms with Crippen LogP contribution in [-0.4, -0.2) is 18.4 Å². The lowest BCUT2D eigenvalue weighted by atomic mass is 10.4. The standard InChI is InChI=1S/C5H9NO4S/c1-2-3-5(10-4-6)11(7,8)9/h5H,2-3H2,1H3,(H,7,8,9). The highest BCUT2D eigenvalue weighted by molar-refractivity contribution is 7.86. The van der Waals surface area contributed by atoms with Gasteiger partial charge >= 0.3 is 10.1 Å². The van der Waals surface area contributed by atoms with Crippen molar-refractivity contribution in [3.05, 3.63) is 0 Å². The van der Waals surface area contributed by atoms with Crippen molar-refractivity contribution in [1.29, 1.82) is 5.26 Å². The molecule has 0 fully saturated rings. The molecule has 0 aromatic heterocycles. The summed E-state index contributed by atoms with van der Waals surface area (Å²) in [5.41, 5.74) is -1.41. The van der Waals surface area contributed by atoms with Crippen molar-refractivity contribution in [3.8, 4) is 6.26 Å². The Balaban J connectivity index is 4.25. The zero-order chi connectivity index (χ0) is 8.91. The Labute approximate surface area is 65.3 Å². The van der Waals surface area contributed by atoms with Crippen LogP contribution in [0.4, 0.5) is 0 Å². The summed E-state index contributed by atoms with van der Waals surface area (Å²) in [7, 11) is -4.23. The van der Waals surface area contributed by atoms with Gasteiger partial charge in [-0.15, -0.1) is 0 Å². The summed E-state index contributed by atoms with van der Waals surface area (Å²) in [6.07, 6.45) is 1.86. The van der Waals surface area contributed by atoms with Crippen molar-refractivity contribution in [2.75, 3.05) is 0 Å². The van der Waals surface area contributed by atoms with E-state index in [1.807, 2.05) is 0 Å². The first kappa shape index (κ1) is 10.2. The van der Waals surface area contributed by atoms with Gasteiger partial charge in [-0.25, -0.2) is 0 Å². The van der Waals surface area contributed by atoms with Crippen LogP contribution in [0.15, 0.2) is 0 Å². The zero-order valence-corrected chi connectivity index (χ0v) is 6.84. The van der Waals surface area contributed by atoms with Crippen LogP contribution in [0.5, 0.6) is 0 Å². The highest BCUT2D eigenvalue weighted by atomic mass is 32.2. The monoisotopic (exact) mass is 179 g/mol. The van der Waals surface area contributed by atoms with E-state index in [2.05, 4.69) is 4.74 Å². The SMILES string of the molecule is CCCC(OC#N)S(=O)(=O)O. The summed E-state index contributed by atoms with van der Waals surface area (Å²) in [6.45, 7) is 1.72. The molecular formula is C5H9NO4S. The predicted molar refractivity (Wildman–Crippen MR) is 36.9 cm³/mol. The third kappa shape index (κ3) is 3.80.